The maximum atomic E-state index is 10.3. The first kappa shape index (κ1) is 12.6. The maximum Gasteiger partial charge on any atom is 0.105 e. The van der Waals surface area contributed by atoms with Gasteiger partial charge in [-0.25, -0.2) is 0 Å². The Kier molecular flexibility index (Phi) is 3.87. The van der Waals surface area contributed by atoms with Gasteiger partial charge in [-0.15, -0.1) is 0 Å². The molecule has 0 saturated carbocycles. The molecule has 0 aliphatic rings. The Labute approximate surface area is 114 Å². The standard InChI is InChI=1S/C14H12BrClO/c1-9-5-6-12(13(15)7-9)14(17)10-3-2-4-11(16)8-10/h2-8,14,17H,1H3. The first-order chi connectivity index (χ1) is 8.08. The molecule has 1 atom stereocenters. The zero-order chi connectivity index (χ0) is 12.4. The molecule has 0 radical (unpaired) electrons. The molecule has 2 rings (SSSR count). The molecule has 0 amide bonds. The van der Waals surface area contributed by atoms with Crippen LogP contribution < -0.4 is 0 Å². The predicted octanol–water partition coefficient (Wildman–Crippen LogP) is 4.49. The van der Waals surface area contributed by atoms with E-state index < -0.39 is 6.10 Å². The SMILES string of the molecule is Cc1ccc(C(O)c2cccc(Cl)c2)c(Br)c1. The van der Waals surface area contributed by atoms with Crippen LogP contribution in [0.4, 0.5) is 0 Å². The Morgan fingerprint density at radius 2 is 1.94 bits per heavy atom. The van der Waals surface area contributed by atoms with Crippen LogP contribution in [0.5, 0.6) is 0 Å². The van der Waals surface area contributed by atoms with Crippen molar-refractivity contribution in [2.24, 2.45) is 0 Å². The largest absolute Gasteiger partial charge is 0.384 e. The van der Waals surface area contributed by atoms with Gasteiger partial charge in [-0.05, 0) is 41.8 Å². The molecule has 1 unspecified atom stereocenters. The number of aryl methyl sites for hydroxylation is 1. The van der Waals surface area contributed by atoms with E-state index in [-0.39, 0.29) is 0 Å². The quantitative estimate of drug-likeness (QED) is 0.866. The van der Waals surface area contributed by atoms with E-state index in [2.05, 4.69) is 15.9 Å². The van der Waals surface area contributed by atoms with E-state index >= 15 is 0 Å². The number of benzene rings is 2. The van der Waals surface area contributed by atoms with E-state index in [1.54, 1.807) is 12.1 Å². The minimum atomic E-state index is -0.663. The van der Waals surface area contributed by atoms with Crippen molar-refractivity contribution in [1.82, 2.24) is 0 Å². The number of hydrogen-bond acceptors (Lipinski definition) is 1. The van der Waals surface area contributed by atoms with E-state index in [9.17, 15) is 5.11 Å². The fraction of sp³-hybridized carbons (Fsp3) is 0.143. The van der Waals surface area contributed by atoms with E-state index in [4.69, 9.17) is 11.6 Å². The second-order valence-corrected chi connectivity index (χ2v) is 5.27. The van der Waals surface area contributed by atoms with Gasteiger partial charge in [0.15, 0.2) is 0 Å². The smallest absolute Gasteiger partial charge is 0.105 e. The summed E-state index contributed by atoms with van der Waals surface area (Å²) in [5.74, 6) is 0. The van der Waals surface area contributed by atoms with E-state index in [1.807, 2.05) is 37.3 Å². The topological polar surface area (TPSA) is 20.2 Å². The molecule has 0 fully saturated rings. The van der Waals surface area contributed by atoms with Crippen molar-refractivity contribution in [3.8, 4) is 0 Å². The first-order valence-corrected chi connectivity index (χ1v) is 6.44. The summed E-state index contributed by atoms with van der Waals surface area (Å²) in [6.45, 7) is 2.01. The van der Waals surface area contributed by atoms with Crippen molar-refractivity contribution < 1.29 is 5.11 Å². The maximum absolute atomic E-state index is 10.3. The molecule has 17 heavy (non-hydrogen) atoms. The summed E-state index contributed by atoms with van der Waals surface area (Å²) in [7, 11) is 0. The summed E-state index contributed by atoms with van der Waals surface area (Å²) in [6.07, 6.45) is -0.663. The highest BCUT2D eigenvalue weighted by molar-refractivity contribution is 9.10. The third-order valence-corrected chi connectivity index (χ3v) is 3.54. The van der Waals surface area contributed by atoms with Gasteiger partial charge in [0.2, 0.25) is 0 Å². The minimum Gasteiger partial charge on any atom is -0.384 e. The van der Waals surface area contributed by atoms with Crippen LogP contribution in [-0.4, -0.2) is 5.11 Å². The second-order valence-electron chi connectivity index (χ2n) is 3.98. The molecule has 0 spiro atoms. The molecular formula is C14H12BrClO. The van der Waals surface area contributed by atoms with Gasteiger partial charge in [-0.2, -0.15) is 0 Å². The molecule has 3 heteroatoms. The lowest BCUT2D eigenvalue weighted by molar-refractivity contribution is 0.219. The van der Waals surface area contributed by atoms with Crippen molar-refractivity contribution in [2.45, 2.75) is 13.0 Å². The number of aliphatic hydroxyl groups is 1. The average molecular weight is 312 g/mol. The van der Waals surface area contributed by atoms with E-state index in [0.717, 1.165) is 21.2 Å². The third kappa shape index (κ3) is 2.89. The van der Waals surface area contributed by atoms with E-state index in [0.29, 0.717) is 5.02 Å². The monoisotopic (exact) mass is 310 g/mol. The lowest BCUT2D eigenvalue weighted by Crippen LogP contribution is -2.00. The number of aliphatic hydroxyl groups excluding tert-OH is 1. The summed E-state index contributed by atoms with van der Waals surface area (Å²) in [6, 6.07) is 13.2. The third-order valence-electron chi connectivity index (χ3n) is 2.61. The lowest BCUT2D eigenvalue weighted by Gasteiger charge is -2.14. The van der Waals surface area contributed by atoms with Crippen LogP contribution in [0.1, 0.15) is 22.8 Å². The average Bonchev–Trinajstić information content (AvgIpc) is 2.28. The van der Waals surface area contributed by atoms with Crippen LogP contribution in [0.2, 0.25) is 5.02 Å². The minimum absolute atomic E-state index is 0.629. The Morgan fingerprint density at radius 3 is 2.59 bits per heavy atom. The Hall–Kier alpha value is -0.830. The molecule has 1 N–H and O–H groups in total. The van der Waals surface area contributed by atoms with Crippen molar-refractivity contribution in [1.29, 1.82) is 0 Å². The zero-order valence-corrected chi connectivity index (χ0v) is 11.7. The Balaban J connectivity index is 2.40. The number of halogens is 2. The highest BCUT2D eigenvalue weighted by Crippen LogP contribution is 2.30. The fourth-order valence-corrected chi connectivity index (χ4v) is 2.62. The van der Waals surface area contributed by atoms with Crippen LogP contribution >= 0.6 is 27.5 Å². The molecule has 88 valence electrons. The molecule has 0 bridgehead atoms. The van der Waals surface area contributed by atoms with Gasteiger partial charge in [0.25, 0.3) is 0 Å². The molecule has 0 aliphatic heterocycles. The van der Waals surface area contributed by atoms with Gasteiger partial charge in [0.05, 0.1) is 0 Å². The summed E-state index contributed by atoms with van der Waals surface area (Å²) in [5.41, 5.74) is 2.79. The highest BCUT2D eigenvalue weighted by Gasteiger charge is 2.13. The first-order valence-electron chi connectivity index (χ1n) is 5.27. The summed E-state index contributed by atoms with van der Waals surface area (Å²) >= 11 is 9.39. The highest BCUT2D eigenvalue weighted by atomic mass is 79.9. The Bertz CT molecular complexity index is 539. The Morgan fingerprint density at radius 1 is 1.18 bits per heavy atom. The van der Waals surface area contributed by atoms with Crippen molar-refractivity contribution >= 4 is 27.5 Å². The van der Waals surface area contributed by atoms with Crippen molar-refractivity contribution in [2.75, 3.05) is 0 Å². The van der Waals surface area contributed by atoms with Crippen molar-refractivity contribution in [3.05, 3.63) is 68.7 Å². The summed E-state index contributed by atoms with van der Waals surface area (Å²) < 4.78 is 0.907. The van der Waals surface area contributed by atoms with Gasteiger partial charge >= 0.3 is 0 Å². The molecule has 2 aromatic carbocycles. The van der Waals surface area contributed by atoms with Gasteiger partial charge in [0.1, 0.15) is 6.10 Å². The van der Waals surface area contributed by atoms with Crippen molar-refractivity contribution in [3.63, 3.8) is 0 Å². The zero-order valence-electron chi connectivity index (χ0n) is 9.32. The molecule has 1 nitrogen and oxygen atoms in total. The fourth-order valence-electron chi connectivity index (χ4n) is 1.71. The molecule has 2 aromatic rings. The molecular weight excluding hydrogens is 300 g/mol. The molecule has 0 saturated heterocycles. The molecule has 0 aliphatic carbocycles. The van der Waals surface area contributed by atoms with Gasteiger partial charge in [-0.3, -0.25) is 0 Å². The summed E-state index contributed by atoms with van der Waals surface area (Å²) in [4.78, 5) is 0. The molecule has 0 heterocycles. The predicted molar refractivity (Wildman–Crippen MR) is 74.4 cm³/mol. The van der Waals surface area contributed by atoms with Gasteiger partial charge < -0.3 is 5.11 Å². The number of rotatable bonds is 2. The van der Waals surface area contributed by atoms with Crippen LogP contribution in [0.15, 0.2) is 46.9 Å². The lowest BCUT2D eigenvalue weighted by atomic mass is 10.0. The van der Waals surface area contributed by atoms with E-state index in [1.165, 1.54) is 0 Å². The summed E-state index contributed by atoms with van der Waals surface area (Å²) in [5, 5.41) is 10.9. The van der Waals surface area contributed by atoms with Crippen LogP contribution in [0.25, 0.3) is 0 Å². The van der Waals surface area contributed by atoms with Crippen LogP contribution in [-0.2, 0) is 0 Å². The van der Waals surface area contributed by atoms with Gasteiger partial charge in [0, 0.05) is 9.50 Å². The normalized spacial score (nSPS) is 12.5. The van der Waals surface area contributed by atoms with Gasteiger partial charge in [-0.1, -0.05) is 51.8 Å². The van der Waals surface area contributed by atoms with Crippen LogP contribution in [0.3, 0.4) is 0 Å². The molecule has 0 aromatic heterocycles. The second kappa shape index (κ2) is 5.21. The van der Waals surface area contributed by atoms with Crippen LogP contribution in [0, 0.1) is 6.92 Å². The number of hydrogen-bond donors (Lipinski definition) is 1.